The second kappa shape index (κ2) is 6.01. The van der Waals surface area contributed by atoms with Gasteiger partial charge in [0.2, 0.25) is 0 Å². The first-order valence-corrected chi connectivity index (χ1v) is 8.24. The number of carbonyl (C=O) groups is 1. The fourth-order valence-electron chi connectivity index (χ4n) is 3.33. The van der Waals surface area contributed by atoms with Gasteiger partial charge in [-0.05, 0) is 44.4 Å². The topological polar surface area (TPSA) is 41.6 Å². The summed E-state index contributed by atoms with van der Waals surface area (Å²) >= 11 is 0. The third kappa shape index (κ3) is 3.03. The molecule has 1 unspecified atom stereocenters. The molecule has 1 saturated heterocycles. The van der Waals surface area contributed by atoms with Gasteiger partial charge in [-0.1, -0.05) is 6.07 Å². The third-order valence-electron chi connectivity index (χ3n) is 5.03. The zero-order valence-corrected chi connectivity index (χ0v) is 13.9. The lowest BCUT2D eigenvalue weighted by atomic mass is 9.87. The average molecular weight is 302 g/mol. The molecule has 0 spiro atoms. The first kappa shape index (κ1) is 15.5. The summed E-state index contributed by atoms with van der Waals surface area (Å²) < 4.78 is 6.33. The monoisotopic (exact) mass is 302 g/mol. The van der Waals surface area contributed by atoms with E-state index in [0.29, 0.717) is 6.42 Å². The lowest BCUT2D eigenvalue weighted by molar-refractivity contribution is 0.0382. The maximum atomic E-state index is 12.5. The van der Waals surface area contributed by atoms with Crippen LogP contribution in [0.1, 0.15) is 41.3 Å². The molecule has 2 aliphatic rings. The highest BCUT2D eigenvalue weighted by Crippen LogP contribution is 2.38. The Kier molecular flexibility index (Phi) is 4.24. The van der Waals surface area contributed by atoms with Crippen molar-refractivity contribution in [1.29, 1.82) is 0 Å². The molecule has 0 amide bonds. The van der Waals surface area contributed by atoms with Crippen LogP contribution in [0.3, 0.4) is 0 Å². The van der Waals surface area contributed by atoms with Gasteiger partial charge in [0.1, 0.15) is 11.4 Å². The van der Waals surface area contributed by atoms with Crippen molar-refractivity contribution >= 4 is 5.78 Å². The summed E-state index contributed by atoms with van der Waals surface area (Å²) in [7, 11) is 0. The number of nitrogens with zero attached hydrogens (tertiary/aromatic N) is 1. The van der Waals surface area contributed by atoms with Gasteiger partial charge in [0, 0.05) is 32.7 Å². The number of ketones is 1. The van der Waals surface area contributed by atoms with E-state index in [-0.39, 0.29) is 11.4 Å². The van der Waals surface area contributed by atoms with Crippen molar-refractivity contribution in [3.05, 3.63) is 28.8 Å². The van der Waals surface area contributed by atoms with Crippen molar-refractivity contribution in [1.82, 2.24) is 10.2 Å². The summed E-state index contributed by atoms with van der Waals surface area (Å²) in [6.07, 6.45) is 1.38. The Bertz CT molecular complexity index is 579. The smallest absolute Gasteiger partial charge is 0.170 e. The summed E-state index contributed by atoms with van der Waals surface area (Å²) in [5, 5.41) is 3.37. The molecule has 0 aliphatic carbocycles. The number of hydrogen-bond donors (Lipinski definition) is 1. The highest BCUT2D eigenvalue weighted by molar-refractivity contribution is 6.00. The molecule has 4 heteroatoms. The number of rotatable bonds is 3. The first-order chi connectivity index (χ1) is 10.5. The second-order valence-corrected chi connectivity index (χ2v) is 6.88. The van der Waals surface area contributed by atoms with E-state index in [2.05, 4.69) is 24.1 Å². The zero-order chi connectivity index (χ0) is 15.7. The van der Waals surface area contributed by atoms with Crippen LogP contribution < -0.4 is 10.1 Å². The van der Waals surface area contributed by atoms with Gasteiger partial charge in [-0.15, -0.1) is 0 Å². The van der Waals surface area contributed by atoms with E-state index < -0.39 is 0 Å². The predicted octanol–water partition coefficient (Wildman–Crippen LogP) is 2.32. The average Bonchev–Trinajstić information content (AvgIpc) is 2.51. The molecule has 2 heterocycles. The van der Waals surface area contributed by atoms with E-state index in [0.717, 1.165) is 56.0 Å². The molecule has 1 aromatic carbocycles. The number of hydrogen-bond acceptors (Lipinski definition) is 4. The van der Waals surface area contributed by atoms with Gasteiger partial charge in [0.15, 0.2) is 5.78 Å². The van der Waals surface area contributed by atoms with Crippen LogP contribution in [0, 0.1) is 13.8 Å². The maximum absolute atomic E-state index is 12.5. The van der Waals surface area contributed by atoms with Gasteiger partial charge in [-0.25, -0.2) is 0 Å². The second-order valence-electron chi connectivity index (χ2n) is 6.88. The number of nitrogens with one attached hydrogen (secondary N) is 1. The van der Waals surface area contributed by atoms with Crippen molar-refractivity contribution in [3.8, 4) is 5.75 Å². The summed E-state index contributed by atoms with van der Waals surface area (Å²) in [5.74, 6) is 1.02. The van der Waals surface area contributed by atoms with E-state index in [1.807, 2.05) is 19.1 Å². The fraction of sp³-hybridized carbons (Fsp3) is 0.611. The molecule has 120 valence electrons. The molecule has 0 saturated carbocycles. The molecular formula is C18H26N2O2. The number of piperazine rings is 1. The number of carbonyl (C=O) groups excluding carboxylic acids is 1. The summed E-state index contributed by atoms with van der Waals surface area (Å²) in [4.78, 5) is 15.0. The Labute approximate surface area is 132 Å². The van der Waals surface area contributed by atoms with Gasteiger partial charge < -0.3 is 15.0 Å². The number of aryl methyl sites for hydroxylation is 1. The van der Waals surface area contributed by atoms with Crippen LogP contribution in [-0.4, -0.2) is 49.0 Å². The fourth-order valence-corrected chi connectivity index (χ4v) is 3.33. The van der Waals surface area contributed by atoms with E-state index in [1.54, 1.807) is 0 Å². The highest BCUT2D eigenvalue weighted by atomic mass is 16.5. The Balaban J connectivity index is 1.75. The molecule has 0 bridgehead atoms. The van der Waals surface area contributed by atoms with Crippen molar-refractivity contribution in [2.75, 3.05) is 32.7 Å². The van der Waals surface area contributed by atoms with Crippen LogP contribution in [-0.2, 0) is 0 Å². The van der Waals surface area contributed by atoms with Gasteiger partial charge >= 0.3 is 0 Å². The lowest BCUT2D eigenvalue weighted by Gasteiger charge is -2.38. The predicted molar refractivity (Wildman–Crippen MR) is 87.8 cm³/mol. The summed E-state index contributed by atoms with van der Waals surface area (Å²) in [6, 6.07) is 3.93. The molecule has 0 radical (unpaired) electrons. The molecule has 2 aliphatic heterocycles. The molecule has 4 nitrogen and oxygen atoms in total. The normalized spacial score (nSPS) is 25.7. The number of ether oxygens (including phenoxy) is 1. The van der Waals surface area contributed by atoms with Crippen molar-refractivity contribution in [2.45, 2.75) is 39.2 Å². The number of fused-ring (bicyclic) bond motifs is 1. The van der Waals surface area contributed by atoms with Crippen LogP contribution in [0.5, 0.6) is 5.75 Å². The summed E-state index contributed by atoms with van der Waals surface area (Å²) in [6.45, 7) is 11.5. The van der Waals surface area contributed by atoms with Crippen molar-refractivity contribution in [2.24, 2.45) is 0 Å². The molecule has 0 aromatic heterocycles. The van der Waals surface area contributed by atoms with Crippen LogP contribution in [0.4, 0.5) is 0 Å². The van der Waals surface area contributed by atoms with Crippen molar-refractivity contribution in [3.63, 3.8) is 0 Å². The zero-order valence-electron chi connectivity index (χ0n) is 13.9. The molecule has 3 rings (SSSR count). The number of benzene rings is 1. The minimum absolute atomic E-state index is 0.215. The van der Waals surface area contributed by atoms with E-state index in [4.69, 9.17) is 4.74 Å². The van der Waals surface area contributed by atoms with Crippen LogP contribution in [0.2, 0.25) is 0 Å². The van der Waals surface area contributed by atoms with Gasteiger partial charge in [0.05, 0.1) is 12.0 Å². The molecule has 1 atom stereocenters. The largest absolute Gasteiger partial charge is 0.486 e. The van der Waals surface area contributed by atoms with Crippen LogP contribution in [0.25, 0.3) is 0 Å². The highest BCUT2D eigenvalue weighted by Gasteiger charge is 2.37. The quantitative estimate of drug-likeness (QED) is 0.930. The molecule has 1 N–H and O–H groups in total. The van der Waals surface area contributed by atoms with Gasteiger partial charge in [-0.2, -0.15) is 0 Å². The Morgan fingerprint density at radius 3 is 2.73 bits per heavy atom. The van der Waals surface area contributed by atoms with E-state index in [9.17, 15) is 4.79 Å². The van der Waals surface area contributed by atoms with Gasteiger partial charge in [0.25, 0.3) is 0 Å². The van der Waals surface area contributed by atoms with Crippen LogP contribution in [0.15, 0.2) is 12.1 Å². The van der Waals surface area contributed by atoms with E-state index in [1.165, 1.54) is 5.56 Å². The SMILES string of the molecule is Cc1ccc2c(c1C)OC(C)(CCN1CCNCC1)CC2=O. The first-order valence-electron chi connectivity index (χ1n) is 8.24. The molecule has 22 heavy (non-hydrogen) atoms. The molecule has 1 fully saturated rings. The summed E-state index contributed by atoms with van der Waals surface area (Å²) in [5.41, 5.74) is 2.65. The van der Waals surface area contributed by atoms with Crippen molar-refractivity contribution < 1.29 is 9.53 Å². The number of Topliss-reactive ketones (excluding diaryl/α,β-unsaturated/α-hetero) is 1. The maximum Gasteiger partial charge on any atom is 0.170 e. The van der Waals surface area contributed by atoms with E-state index >= 15 is 0 Å². The minimum atomic E-state index is -0.381. The lowest BCUT2D eigenvalue weighted by Crippen LogP contribution is -2.47. The Morgan fingerprint density at radius 2 is 2.00 bits per heavy atom. The molecule has 1 aromatic rings. The standard InChI is InChI=1S/C18H26N2O2/c1-13-4-5-15-16(21)12-18(3,22-17(15)14(13)2)6-9-20-10-7-19-8-11-20/h4-5,19H,6-12H2,1-3H3. The van der Waals surface area contributed by atoms with Crippen LogP contribution >= 0.6 is 0 Å². The third-order valence-corrected chi connectivity index (χ3v) is 5.03. The molecular weight excluding hydrogens is 276 g/mol. The minimum Gasteiger partial charge on any atom is -0.486 e. The Hall–Kier alpha value is -1.39. The Morgan fingerprint density at radius 1 is 1.27 bits per heavy atom. The van der Waals surface area contributed by atoms with Gasteiger partial charge in [-0.3, -0.25) is 4.79 Å².